The maximum atomic E-state index is 13.5. The molecule has 0 aliphatic carbocycles. The zero-order valence-electron chi connectivity index (χ0n) is 24.1. The molecule has 0 aliphatic heterocycles. The predicted molar refractivity (Wildman–Crippen MR) is 168 cm³/mol. The summed E-state index contributed by atoms with van der Waals surface area (Å²) >= 11 is 0. The van der Waals surface area contributed by atoms with Crippen molar-refractivity contribution < 1.29 is 22.7 Å². The number of sulfonamides is 1. The van der Waals surface area contributed by atoms with Crippen molar-refractivity contribution in [2.75, 3.05) is 24.0 Å². The fraction of sp³-hybridized carbons (Fsp3) is 0.182. The second-order valence-electron chi connectivity index (χ2n) is 9.85. The van der Waals surface area contributed by atoms with Crippen LogP contribution in [0.3, 0.4) is 0 Å². The molecule has 0 saturated heterocycles. The van der Waals surface area contributed by atoms with Crippen LogP contribution in [0.2, 0.25) is 0 Å². The number of hydrogen-bond acceptors (Lipinski definition) is 6. The molecule has 0 radical (unpaired) electrons. The highest BCUT2D eigenvalue weighted by Gasteiger charge is 2.28. The van der Waals surface area contributed by atoms with E-state index in [1.54, 1.807) is 61.5 Å². The average Bonchev–Trinajstić information content (AvgIpc) is 3.01. The minimum absolute atomic E-state index is 0.0817. The monoisotopic (exact) mass is 598 g/mol. The third-order valence-corrected chi connectivity index (χ3v) is 8.24. The second-order valence-corrected chi connectivity index (χ2v) is 11.7. The minimum Gasteiger partial charge on any atom is -0.484 e. The Kier molecular flexibility index (Phi) is 10.7. The Morgan fingerprint density at radius 2 is 1.53 bits per heavy atom. The van der Waals surface area contributed by atoms with E-state index < -0.39 is 22.5 Å². The van der Waals surface area contributed by atoms with Crippen LogP contribution >= 0.6 is 0 Å². The van der Waals surface area contributed by atoms with Gasteiger partial charge in [0.15, 0.2) is 6.61 Å². The quantitative estimate of drug-likeness (QED) is 0.175. The SMILES string of the molecule is Cc1ccc(N(CC(=O)N/N=C\c2ccc(OCC(=O)NCCc3ccccc3)cc2)S(=O)(=O)c2ccccc2)c(C)c1. The molecule has 0 aromatic heterocycles. The van der Waals surface area contributed by atoms with Gasteiger partial charge in [-0.15, -0.1) is 0 Å². The molecule has 2 N–H and O–H groups in total. The number of nitrogens with one attached hydrogen (secondary N) is 2. The van der Waals surface area contributed by atoms with Crippen molar-refractivity contribution in [1.29, 1.82) is 0 Å². The number of amides is 2. The zero-order valence-corrected chi connectivity index (χ0v) is 24.9. The summed E-state index contributed by atoms with van der Waals surface area (Å²) in [4.78, 5) is 25.0. The van der Waals surface area contributed by atoms with E-state index in [-0.39, 0.29) is 17.4 Å². The number of hydrazone groups is 1. The summed E-state index contributed by atoms with van der Waals surface area (Å²) in [6.45, 7) is 3.67. The van der Waals surface area contributed by atoms with E-state index in [0.29, 0.717) is 23.5 Å². The van der Waals surface area contributed by atoms with Crippen LogP contribution in [0.15, 0.2) is 113 Å². The number of rotatable bonds is 13. The van der Waals surface area contributed by atoms with Gasteiger partial charge in [0, 0.05) is 6.54 Å². The molecule has 0 heterocycles. The number of carbonyl (C=O) groups is 2. The van der Waals surface area contributed by atoms with Crippen LogP contribution < -0.4 is 19.8 Å². The molecule has 0 bridgehead atoms. The third-order valence-electron chi connectivity index (χ3n) is 6.47. The van der Waals surface area contributed by atoms with Gasteiger partial charge in [0.05, 0.1) is 16.8 Å². The van der Waals surface area contributed by atoms with Crippen molar-refractivity contribution in [3.63, 3.8) is 0 Å². The van der Waals surface area contributed by atoms with Crippen LogP contribution in [0.1, 0.15) is 22.3 Å². The highest BCUT2D eigenvalue weighted by molar-refractivity contribution is 7.92. The molecule has 4 aromatic carbocycles. The smallest absolute Gasteiger partial charge is 0.264 e. The van der Waals surface area contributed by atoms with Crippen LogP contribution in [0.5, 0.6) is 5.75 Å². The van der Waals surface area contributed by atoms with Gasteiger partial charge in [-0.1, -0.05) is 66.2 Å². The molecule has 0 aliphatic rings. The topological polar surface area (TPSA) is 117 Å². The molecule has 0 spiro atoms. The van der Waals surface area contributed by atoms with Crippen LogP contribution in [0.4, 0.5) is 5.69 Å². The first-order chi connectivity index (χ1) is 20.7. The average molecular weight is 599 g/mol. The van der Waals surface area contributed by atoms with E-state index in [4.69, 9.17) is 4.74 Å². The first kappa shape index (κ1) is 31.0. The van der Waals surface area contributed by atoms with Gasteiger partial charge >= 0.3 is 0 Å². The lowest BCUT2D eigenvalue weighted by atomic mass is 10.1. The molecule has 2 amide bonds. The second kappa shape index (κ2) is 14.8. The van der Waals surface area contributed by atoms with Gasteiger partial charge in [-0.2, -0.15) is 5.10 Å². The molecule has 4 aromatic rings. The summed E-state index contributed by atoms with van der Waals surface area (Å²) in [7, 11) is -4.02. The lowest BCUT2D eigenvalue weighted by molar-refractivity contribution is -0.123. The summed E-state index contributed by atoms with van der Waals surface area (Å²) in [5.41, 5.74) is 6.34. The van der Waals surface area contributed by atoms with Gasteiger partial charge in [0.2, 0.25) is 0 Å². The van der Waals surface area contributed by atoms with Crippen molar-refractivity contribution >= 4 is 33.7 Å². The fourth-order valence-electron chi connectivity index (χ4n) is 4.29. The van der Waals surface area contributed by atoms with E-state index in [0.717, 1.165) is 27.4 Å². The number of nitrogens with zero attached hydrogens (tertiary/aromatic N) is 2. The molecule has 222 valence electrons. The number of anilines is 1. The summed E-state index contributed by atoms with van der Waals surface area (Å²) < 4.78 is 33.7. The maximum absolute atomic E-state index is 13.5. The molecule has 0 unspecified atom stereocenters. The zero-order chi connectivity index (χ0) is 30.7. The summed E-state index contributed by atoms with van der Waals surface area (Å²) in [5, 5.41) is 6.82. The van der Waals surface area contributed by atoms with Crippen LogP contribution in [-0.4, -0.2) is 46.1 Å². The van der Waals surface area contributed by atoms with E-state index in [2.05, 4.69) is 15.8 Å². The molecule has 0 saturated carbocycles. The molecule has 0 atom stereocenters. The fourth-order valence-corrected chi connectivity index (χ4v) is 5.80. The molecule has 10 heteroatoms. The first-order valence-corrected chi connectivity index (χ1v) is 15.2. The van der Waals surface area contributed by atoms with E-state index in [9.17, 15) is 18.0 Å². The Labute approximate surface area is 252 Å². The Morgan fingerprint density at radius 3 is 2.21 bits per heavy atom. The molecule has 0 fully saturated rings. The minimum atomic E-state index is -4.02. The van der Waals surface area contributed by atoms with E-state index in [1.165, 1.54) is 18.3 Å². The van der Waals surface area contributed by atoms with Crippen molar-refractivity contribution in [1.82, 2.24) is 10.7 Å². The van der Waals surface area contributed by atoms with Gasteiger partial charge in [-0.25, -0.2) is 13.8 Å². The summed E-state index contributed by atoms with van der Waals surface area (Å²) in [5.74, 6) is -0.308. The Bertz CT molecular complexity index is 1660. The van der Waals surface area contributed by atoms with Crippen molar-refractivity contribution in [2.45, 2.75) is 25.2 Å². The Morgan fingerprint density at radius 1 is 0.860 bits per heavy atom. The lowest BCUT2D eigenvalue weighted by Crippen LogP contribution is -2.40. The van der Waals surface area contributed by atoms with Gasteiger partial charge in [-0.3, -0.25) is 13.9 Å². The maximum Gasteiger partial charge on any atom is 0.264 e. The van der Waals surface area contributed by atoms with Crippen LogP contribution in [0, 0.1) is 13.8 Å². The standard InChI is InChI=1S/C33H34N4O5S/c1-25-13-18-31(26(2)21-25)37(43(40,41)30-11-7-4-8-12-30)23-32(38)36-35-22-28-14-16-29(17-15-28)42-24-33(39)34-20-19-27-9-5-3-6-10-27/h3-18,21-22H,19-20,23-24H2,1-2H3,(H,34,39)(H,36,38)/b35-22-. The lowest BCUT2D eigenvalue weighted by Gasteiger charge is -2.25. The molecular weight excluding hydrogens is 564 g/mol. The normalized spacial score (nSPS) is 11.2. The van der Waals surface area contributed by atoms with Crippen molar-refractivity contribution in [2.24, 2.45) is 5.10 Å². The highest BCUT2D eigenvalue weighted by Crippen LogP contribution is 2.27. The Hall–Kier alpha value is -4.96. The number of aryl methyl sites for hydroxylation is 2. The van der Waals surface area contributed by atoms with E-state index in [1.807, 2.05) is 43.3 Å². The summed E-state index contributed by atoms with van der Waals surface area (Å²) in [6, 6.07) is 30.1. The Balaban J connectivity index is 1.31. The predicted octanol–water partition coefficient (Wildman–Crippen LogP) is 4.39. The third kappa shape index (κ3) is 9.01. The molecule has 9 nitrogen and oxygen atoms in total. The van der Waals surface area contributed by atoms with Crippen LogP contribution in [-0.2, 0) is 26.0 Å². The van der Waals surface area contributed by atoms with Gasteiger partial charge in [0.1, 0.15) is 12.3 Å². The largest absolute Gasteiger partial charge is 0.484 e. The molecule has 4 rings (SSSR count). The van der Waals surface area contributed by atoms with Crippen LogP contribution in [0.25, 0.3) is 0 Å². The van der Waals surface area contributed by atoms with Crippen molar-refractivity contribution in [3.05, 3.63) is 125 Å². The number of hydrogen-bond donors (Lipinski definition) is 2. The van der Waals surface area contributed by atoms with Crippen molar-refractivity contribution in [3.8, 4) is 5.75 Å². The first-order valence-electron chi connectivity index (χ1n) is 13.7. The number of carbonyl (C=O) groups excluding carboxylic acids is 2. The van der Waals surface area contributed by atoms with Gasteiger partial charge < -0.3 is 10.1 Å². The number of ether oxygens (including phenoxy) is 1. The summed E-state index contributed by atoms with van der Waals surface area (Å²) in [6.07, 6.45) is 2.18. The van der Waals surface area contributed by atoms with Gasteiger partial charge in [-0.05, 0) is 79.4 Å². The van der Waals surface area contributed by atoms with Gasteiger partial charge in [0.25, 0.3) is 21.8 Å². The number of benzene rings is 4. The molecular formula is C33H34N4O5S. The van der Waals surface area contributed by atoms with E-state index >= 15 is 0 Å². The molecule has 43 heavy (non-hydrogen) atoms. The highest BCUT2D eigenvalue weighted by atomic mass is 32.2.